The second-order valence-electron chi connectivity index (χ2n) is 7.67. The predicted molar refractivity (Wildman–Crippen MR) is 116 cm³/mol. The maximum atomic E-state index is 12.9. The van der Waals surface area contributed by atoms with Crippen molar-refractivity contribution in [2.75, 3.05) is 19.8 Å². The molecule has 1 atom stereocenters. The van der Waals surface area contributed by atoms with Crippen molar-refractivity contribution in [3.05, 3.63) is 59.1 Å². The summed E-state index contributed by atoms with van der Waals surface area (Å²) in [5, 5.41) is 11.0. The average molecular weight is 427 g/mol. The van der Waals surface area contributed by atoms with Crippen LogP contribution >= 0.6 is 0 Å². The first-order chi connectivity index (χ1) is 14.8. The second kappa shape index (κ2) is 9.83. The van der Waals surface area contributed by atoms with Gasteiger partial charge in [0.25, 0.3) is 11.7 Å². The minimum absolute atomic E-state index is 0.0216. The lowest BCUT2D eigenvalue weighted by Gasteiger charge is -2.23. The normalized spacial score (nSPS) is 18.2. The number of Topliss-reactive ketones (excluding diaryl/α,β-unsaturated/α-hetero) is 1. The van der Waals surface area contributed by atoms with E-state index in [4.69, 9.17) is 13.9 Å². The van der Waals surface area contributed by atoms with Gasteiger partial charge in [-0.25, -0.2) is 0 Å². The number of hydrogen-bond acceptors (Lipinski definition) is 6. The molecule has 1 unspecified atom stereocenters. The van der Waals surface area contributed by atoms with Crippen molar-refractivity contribution >= 4 is 17.4 Å². The summed E-state index contributed by atoms with van der Waals surface area (Å²) in [6.45, 7) is 8.84. The van der Waals surface area contributed by atoms with Crippen LogP contribution in [0.1, 0.15) is 50.3 Å². The summed E-state index contributed by atoms with van der Waals surface area (Å²) in [5.41, 5.74) is 0.450. The highest BCUT2D eigenvalue weighted by atomic mass is 16.5. The number of aryl methyl sites for hydroxylation is 1. The molecule has 1 aliphatic rings. The summed E-state index contributed by atoms with van der Waals surface area (Å²) < 4.78 is 16.8. The molecular formula is C24H29NO6. The van der Waals surface area contributed by atoms with Gasteiger partial charge in [0, 0.05) is 18.7 Å². The summed E-state index contributed by atoms with van der Waals surface area (Å²) in [4.78, 5) is 27.2. The topological polar surface area (TPSA) is 89.2 Å². The smallest absolute Gasteiger partial charge is 0.295 e. The number of aliphatic hydroxyl groups is 1. The van der Waals surface area contributed by atoms with E-state index in [1.54, 1.807) is 43.3 Å². The number of carbonyl (C=O) groups excluding carboxylic acids is 2. The van der Waals surface area contributed by atoms with Crippen molar-refractivity contribution in [1.29, 1.82) is 0 Å². The molecule has 7 heteroatoms. The molecule has 1 fully saturated rings. The molecule has 31 heavy (non-hydrogen) atoms. The van der Waals surface area contributed by atoms with Crippen LogP contribution < -0.4 is 4.74 Å². The van der Waals surface area contributed by atoms with Gasteiger partial charge in [-0.3, -0.25) is 9.59 Å². The van der Waals surface area contributed by atoms with E-state index in [1.165, 1.54) is 4.90 Å². The van der Waals surface area contributed by atoms with Crippen molar-refractivity contribution in [2.24, 2.45) is 0 Å². The molecule has 1 N–H and O–H groups in total. The summed E-state index contributed by atoms with van der Waals surface area (Å²) >= 11 is 0. The van der Waals surface area contributed by atoms with Gasteiger partial charge in [-0.1, -0.05) is 0 Å². The number of carbonyl (C=O) groups is 2. The van der Waals surface area contributed by atoms with Crippen LogP contribution in [0.3, 0.4) is 0 Å². The van der Waals surface area contributed by atoms with Crippen LogP contribution in [0.5, 0.6) is 5.75 Å². The van der Waals surface area contributed by atoms with Crippen molar-refractivity contribution < 1.29 is 28.6 Å². The van der Waals surface area contributed by atoms with Gasteiger partial charge in [0.15, 0.2) is 0 Å². The first-order valence-electron chi connectivity index (χ1n) is 10.5. The van der Waals surface area contributed by atoms with E-state index >= 15 is 0 Å². The molecular weight excluding hydrogens is 398 g/mol. The Hall–Kier alpha value is -3.06. The minimum Gasteiger partial charge on any atom is -0.507 e. The fourth-order valence-electron chi connectivity index (χ4n) is 3.59. The maximum Gasteiger partial charge on any atom is 0.295 e. The number of aliphatic hydroxyl groups excluding tert-OH is 1. The third-order valence-electron chi connectivity index (χ3n) is 5.00. The van der Waals surface area contributed by atoms with Gasteiger partial charge in [-0.15, -0.1) is 0 Å². The first kappa shape index (κ1) is 22.6. The van der Waals surface area contributed by atoms with Crippen molar-refractivity contribution in [1.82, 2.24) is 4.90 Å². The molecule has 1 amide bonds. The molecule has 1 aromatic heterocycles. The van der Waals surface area contributed by atoms with Crippen LogP contribution in [-0.4, -0.2) is 47.6 Å². The van der Waals surface area contributed by atoms with Crippen LogP contribution in [-0.2, 0) is 14.3 Å². The monoisotopic (exact) mass is 427 g/mol. The van der Waals surface area contributed by atoms with Crippen LogP contribution in [0.4, 0.5) is 0 Å². The molecule has 0 bridgehead atoms. The molecule has 1 saturated heterocycles. The number of benzene rings is 1. The fraction of sp³-hybridized carbons (Fsp3) is 0.417. The molecule has 0 radical (unpaired) electrons. The average Bonchev–Trinajstić information content (AvgIpc) is 3.27. The van der Waals surface area contributed by atoms with E-state index in [1.807, 2.05) is 20.8 Å². The number of ether oxygens (including phenoxy) is 2. The zero-order valence-electron chi connectivity index (χ0n) is 18.4. The summed E-state index contributed by atoms with van der Waals surface area (Å²) in [5.74, 6) is 0.134. The molecule has 0 spiro atoms. The Morgan fingerprint density at radius 2 is 1.87 bits per heavy atom. The van der Waals surface area contributed by atoms with Crippen LogP contribution in [0.25, 0.3) is 5.76 Å². The Bertz CT molecular complexity index is 957. The van der Waals surface area contributed by atoms with Crippen LogP contribution in [0.15, 0.2) is 46.4 Å². The molecule has 0 aliphatic carbocycles. The second-order valence-corrected chi connectivity index (χ2v) is 7.67. The molecule has 166 valence electrons. The quantitative estimate of drug-likeness (QED) is 0.279. The van der Waals surface area contributed by atoms with Crippen molar-refractivity contribution in [3.63, 3.8) is 0 Å². The lowest BCUT2D eigenvalue weighted by Crippen LogP contribution is -2.31. The van der Waals surface area contributed by atoms with Crippen molar-refractivity contribution in [3.8, 4) is 5.75 Å². The Morgan fingerprint density at radius 3 is 2.45 bits per heavy atom. The number of hydrogen-bond donors (Lipinski definition) is 1. The number of ketones is 1. The molecule has 0 saturated carbocycles. The Morgan fingerprint density at radius 1 is 1.16 bits per heavy atom. The van der Waals surface area contributed by atoms with Gasteiger partial charge in [0.05, 0.1) is 18.3 Å². The van der Waals surface area contributed by atoms with E-state index in [0.717, 1.165) is 0 Å². The van der Waals surface area contributed by atoms with Gasteiger partial charge in [0.2, 0.25) is 0 Å². The third-order valence-corrected chi connectivity index (χ3v) is 5.00. The molecule has 1 aromatic carbocycles. The number of nitrogens with zero attached hydrogens (tertiary/aromatic N) is 1. The lowest BCUT2D eigenvalue weighted by molar-refractivity contribution is -0.140. The molecule has 2 aromatic rings. The first-order valence-corrected chi connectivity index (χ1v) is 10.5. The lowest BCUT2D eigenvalue weighted by atomic mass is 9.99. The SMILES string of the molecule is CCOc1ccc(/C(O)=C2/C(=O)C(=O)N(CCCOC(C)C)C2c2ccc(C)o2)cc1. The fourth-order valence-corrected chi connectivity index (χ4v) is 3.59. The molecule has 1 aliphatic heterocycles. The van der Waals surface area contributed by atoms with E-state index in [-0.39, 0.29) is 17.4 Å². The number of amides is 1. The van der Waals surface area contributed by atoms with E-state index < -0.39 is 17.7 Å². The summed E-state index contributed by atoms with van der Waals surface area (Å²) in [6.07, 6.45) is 0.642. The standard InChI is InChI=1S/C24H29NO6/c1-5-29-18-10-8-17(9-11-18)22(26)20-21(19-12-7-16(4)31-19)25(24(28)23(20)27)13-6-14-30-15(2)3/h7-12,15,21,26H,5-6,13-14H2,1-4H3/b22-20-. The van der Waals surface area contributed by atoms with Gasteiger partial charge in [0.1, 0.15) is 29.1 Å². The maximum absolute atomic E-state index is 12.9. The predicted octanol–water partition coefficient (Wildman–Crippen LogP) is 4.22. The van der Waals surface area contributed by atoms with Crippen LogP contribution in [0, 0.1) is 6.92 Å². The number of likely N-dealkylation sites (tertiary alicyclic amines) is 1. The van der Waals surface area contributed by atoms with Gasteiger partial charge in [-0.05, 0) is 70.5 Å². The largest absolute Gasteiger partial charge is 0.507 e. The summed E-state index contributed by atoms with van der Waals surface area (Å²) in [7, 11) is 0. The van der Waals surface area contributed by atoms with Gasteiger partial charge in [-0.2, -0.15) is 0 Å². The highest BCUT2D eigenvalue weighted by Gasteiger charge is 2.47. The summed E-state index contributed by atoms with van der Waals surface area (Å²) in [6, 6.07) is 9.46. The zero-order valence-corrected chi connectivity index (χ0v) is 18.4. The zero-order chi connectivity index (χ0) is 22.5. The number of rotatable bonds is 9. The van der Waals surface area contributed by atoms with Crippen LogP contribution in [0.2, 0.25) is 0 Å². The third kappa shape index (κ3) is 4.99. The highest BCUT2D eigenvalue weighted by molar-refractivity contribution is 6.46. The van der Waals surface area contributed by atoms with Gasteiger partial charge < -0.3 is 23.9 Å². The molecule has 7 nitrogen and oxygen atoms in total. The Kier molecular flexibility index (Phi) is 7.17. The minimum atomic E-state index is -0.792. The number of furan rings is 1. The van der Waals surface area contributed by atoms with Gasteiger partial charge >= 0.3 is 0 Å². The molecule has 2 heterocycles. The van der Waals surface area contributed by atoms with E-state index in [0.29, 0.717) is 49.0 Å². The Balaban J connectivity index is 1.97. The Labute approximate surface area is 182 Å². The van der Waals surface area contributed by atoms with E-state index in [2.05, 4.69) is 0 Å². The highest BCUT2D eigenvalue weighted by Crippen LogP contribution is 2.40. The van der Waals surface area contributed by atoms with E-state index in [9.17, 15) is 14.7 Å². The van der Waals surface area contributed by atoms with Crippen molar-refractivity contribution in [2.45, 2.75) is 46.3 Å². The molecule has 3 rings (SSSR count).